The van der Waals surface area contributed by atoms with Gasteiger partial charge in [0, 0.05) is 6.54 Å². The Morgan fingerprint density at radius 3 is 0.686 bits per heavy atom. The van der Waals surface area contributed by atoms with Crippen LogP contribution in [0.2, 0.25) is 0 Å². The maximum Gasteiger partial charge on any atom is 0.0664 e. The summed E-state index contributed by atoms with van der Waals surface area (Å²) in [5, 5.41) is 54.5. The van der Waals surface area contributed by atoms with Crippen LogP contribution >= 0.6 is 0 Å². The van der Waals surface area contributed by atoms with Gasteiger partial charge in [0.15, 0.2) is 0 Å². The summed E-state index contributed by atoms with van der Waals surface area (Å²) < 4.78 is 0. The minimum absolute atomic E-state index is 0.0602. The van der Waals surface area contributed by atoms with Crippen molar-refractivity contribution in [3.8, 4) is 0 Å². The van der Waals surface area contributed by atoms with Crippen molar-refractivity contribution in [1.29, 1.82) is 0 Å². The molecule has 0 bridgehead atoms. The summed E-state index contributed by atoms with van der Waals surface area (Å²) in [7, 11) is 0. The van der Waals surface area contributed by atoms with Gasteiger partial charge in [-0.3, -0.25) is 0 Å². The summed E-state index contributed by atoms with van der Waals surface area (Å²) in [6.07, 6.45) is 11.3. The molecule has 0 fully saturated rings. The van der Waals surface area contributed by atoms with Crippen molar-refractivity contribution in [1.82, 2.24) is 0 Å². The quantitative estimate of drug-likeness (QED) is 0.0575. The lowest BCUT2D eigenvalue weighted by Gasteiger charge is -2.10. The van der Waals surface area contributed by atoms with E-state index in [-0.39, 0.29) is 36.6 Å². The molecule has 8 heteroatoms. The van der Waals surface area contributed by atoms with E-state index in [2.05, 4.69) is 96.9 Å². The summed E-state index contributed by atoms with van der Waals surface area (Å²) in [6.45, 7) is 34.6. The molecule has 318 valence electrons. The highest BCUT2D eigenvalue weighted by molar-refractivity contribution is 4.59. The standard InChI is InChI=1S/2C8H18O.C7H17NO.2C7H16O.C6H15NO/c2*1-4-5-8(9)6-7(2)3;1-6(2)5-7(9)3-4-8;2*1-4-7(8)5-6(2)3;1-5(2)3-6(8)4-7/h2*7-9H,4-6H2,1-3H3;6-7,9H,3-5,8H2,1-2H3;2*6-8H,4-5H2,1-3H3;5-6,8H,3-4,7H2,1-2H3/t2*8-;2*7-;;6-/m1011.1/s1. The average Bonchev–Trinajstić information content (AvgIpc) is 2.97. The largest absolute Gasteiger partial charge is 0.393 e. The summed E-state index contributed by atoms with van der Waals surface area (Å²) in [5.74, 6) is 3.65. The van der Waals surface area contributed by atoms with Crippen molar-refractivity contribution in [2.45, 2.75) is 231 Å². The molecule has 0 amide bonds. The van der Waals surface area contributed by atoms with Crippen LogP contribution in [0.5, 0.6) is 0 Å². The van der Waals surface area contributed by atoms with Gasteiger partial charge < -0.3 is 42.1 Å². The molecule has 0 aliphatic rings. The summed E-state index contributed by atoms with van der Waals surface area (Å²) in [6, 6.07) is 0. The van der Waals surface area contributed by atoms with Crippen LogP contribution < -0.4 is 11.5 Å². The SMILES string of the molecule is CC(C)C[C@@H](O)CN.CC(C)C[C@H](O)CCN.CCC(O)CC(C)C.CCC[C@@H](O)CC(C)C.CCC[C@H](O)CC(C)C.CC[C@@H](O)CC(C)C. The fourth-order valence-electron chi connectivity index (χ4n) is 4.91. The minimum Gasteiger partial charge on any atom is -0.393 e. The topological polar surface area (TPSA) is 173 Å². The molecule has 0 aromatic heterocycles. The van der Waals surface area contributed by atoms with E-state index < -0.39 is 0 Å². The number of aliphatic hydroxyl groups excluding tert-OH is 6. The first-order valence-corrected chi connectivity index (χ1v) is 21.0. The monoisotopic (exact) mass is 741 g/mol. The summed E-state index contributed by atoms with van der Waals surface area (Å²) in [4.78, 5) is 0. The molecule has 0 radical (unpaired) electrons. The number of hydrogen-bond acceptors (Lipinski definition) is 8. The van der Waals surface area contributed by atoms with Gasteiger partial charge in [0.25, 0.3) is 0 Å². The van der Waals surface area contributed by atoms with E-state index in [0.717, 1.165) is 83.5 Å². The molecule has 6 atom stereocenters. The minimum atomic E-state index is -0.296. The molecule has 8 nitrogen and oxygen atoms in total. The van der Waals surface area contributed by atoms with Crippen LogP contribution in [0.1, 0.15) is 194 Å². The van der Waals surface area contributed by atoms with Crippen molar-refractivity contribution in [2.75, 3.05) is 13.1 Å². The molecular formula is C43H100N2O6. The van der Waals surface area contributed by atoms with Crippen LogP contribution in [-0.2, 0) is 0 Å². The Labute approximate surface area is 321 Å². The van der Waals surface area contributed by atoms with Crippen molar-refractivity contribution in [2.24, 2.45) is 47.0 Å². The van der Waals surface area contributed by atoms with Gasteiger partial charge in [-0.15, -0.1) is 0 Å². The Kier molecular flexibility index (Phi) is 56.3. The van der Waals surface area contributed by atoms with E-state index in [4.69, 9.17) is 31.9 Å². The molecule has 0 aromatic carbocycles. The predicted octanol–water partition coefficient (Wildman–Crippen LogP) is 9.09. The third-order valence-corrected chi connectivity index (χ3v) is 7.42. The van der Waals surface area contributed by atoms with E-state index in [9.17, 15) is 10.2 Å². The molecule has 0 spiro atoms. The maximum atomic E-state index is 9.22. The molecule has 0 saturated carbocycles. The molecule has 1 unspecified atom stereocenters. The summed E-state index contributed by atoms with van der Waals surface area (Å²) in [5.41, 5.74) is 10.4. The van der Waals surface area contributed by atoms with Crippen LogP contribution in [-0.4, -0.2) is 80.4 Å². The van der Waals surface area contributed by atoms with E-state index in [0.29, 0.717) is 48.6 Å². The van der Waals surface area contributed by atoms with Gasteiger partial charge in [-0.25, -0.2) is 0 Å². The normalized spacial score (nSPS) is 14.5. The lowest BCUT2D eigenvalue weighted by atomic mass is 10.0. The van der Waals surface area contributed by atoms with Gasteiger partial charge in [0.2, 0.25) is 0 Å². The Balaban J connectivity index is -0.000000119. The van der Waals surface area contributed by atoms with Crippen LogP contribution in [0, 0.1) is 35.5 Å². The second-order valence-electron chi connectivity index (χ2n) is 16.9. The van der Waals surface area contributed by atoms with Gasteiger partial charge in [-0.1, -0.05) is 124 Å². The van der Waals surface area contributed by atoms with Gasteiger partial charge in [0.1, 0.15) is 0 Å². The molecule has 0 saturated heterocycles. The second-order valence-corrected chi connectivity index (χ2v) is 16.9. The number of hydrogen-bond donors (Lipinski definition) is 8. The van der Waals surface area contributed by atoms with Gasteiger partial charge in [-0.05, 0) is 113 Å². The highest BCUT2D eigenvalue weighted by Gasteiger charge is 2.06. The van der Waals surface area contributed by atoms with Gasteiger partial charge in [-0.2, -0.15) is 0 Å². The molecule has 51 heavy (non-hydrogen) atoms. The third-order valence-electron chi connectivity index (χ3n) is 7.42. The van der Waals surface area contributed by atoms with Gasteiger partial charge in [0.05, 0.1) is 36.6 Å². The van der Waals surface area contributed by atoms with Crippen LogP contribution in [0.3, 0.4) is 0 Å². The van der Waals surface area contributed by atoms with E-state index in [1.807, 2.05) is 13.8 Å². The smallest absolute Gasteiger partial charge is 0.0664 e. The number of rotatable bonds is 21. The first-order valence-electron chi connectivity index (χ1n) is 21.0. The predicted molar refractivity (Wildman–Crippen MR) is 226 cm³/mol. The van der Waals surface area contributed by atoms with E-state index in [1.165, 1.54) is 0 Å². The maximum absolute atomic E-state index is 9.22. The molecule has 0 aliphatic heterocycles. The molecule has 0 rings (SSSR count). The number of nitrogens with two attached hydrogens (primary N) is 2. The highest BCUT2D eigenvalue weighted by atomic mass is 16.3. The zero-order valence-corrected chi connectivity index (χ0v) is 37.4. The third kappa shape index (κ3) is 75.5. The summed E-state index contributed by atoms with van der Waals surface area (Å²) >= 11 is 0. The fraction of sp³-hybridized carbons (Fsp3) is 1.00. The van der Waals surface area contributed by atoms with Crippen molar-refractivity contribution in [3.05, 3.63) is 0 Å². The van der Waals surface area contributed by atoms with Crippen molar-refractivity contribution < 1.29 is 30.6 Å². The zero-order valence-electron chi connectivity index (χ0n) is 37.4. The van der Waals surface area contributed by atoms with Gasteiger partial charge >= 0.3 is 0 Å². The molecule has 10 N–H and O–H groups in total. The first-order chi connectivity index (χ1) is 23.5. The molecule has 0 heterocycles. The number of aliphatic hydroxyl groups is 6. The van der Waals surface area contributed by atoms with Crippen LogP contribution in [0.15, 0.2) is 0 Å². The van der Waals surface area contributed by atoms with Crippen molar-refractivity contribution in [3.63, 3.8) is 0 Å². The molecule has 0 aromatic rings. The Morgan fingerprint density at radius 1 is 0.333 bits per heavy atom. The van der Waals surface area contributed by atoms with Crippen molar-refractivity contribution >= 4 is 0 Å². The zero-order chi connectivity index (χ0) is 41.5. The van der Waals surface area contributed by atoms with Crippen LogP contribution in [0.4, 0.5) is 0 Å². The lowest BCUT2D eigenvalue weighted by molar-refractivity contribution is 0.138. The van der Waals surface area contributed by atoms with E-state index in [1.54, 1.807) is 0 Å². The van der Waals surface area contributed by atoms with E-state index >= 15 is 0 Å². The lowest BCUT2D eigenvalue weighted by Crippen LogP contribution is -2.21. The Bertz CT molecular complexity index is 524. The molecular weight excluding hydrogens is 640 g/mol. The first kappa shape index (κ1) is 62.7. The van der Waals surface area contributed by atoms with Crippen LogP contribution in [0.25, 0.3) is 0 Å². The second kappa shape index (κ2) is 45.8. The Hall–Kier alpha value is -0.320. The highest BCUT2D eigenvalue weighted by Crippen LogP contribution is 2.10. The fourth-order valence-corrected chi connectivity index (χ4v) is 4.91. The molecule has 0 aliphatic carbocycles. The average molecular weight is 741 g/mol. The Morgan fingerprint density at radius 2 is 0.549 bits per heavy atom.